The van der Waals surface area contributed by atoms with Crippen LogP contribution in [0.15, 0.2) is 0 Å². The van der Waals surface area contributed by atoms with Crippen LogP contribution in [0.2, 0.25) is 0 Å². The van der Waals surface area contributed by atoms with Gasteiger partial charge in [-0.1, -0.05) is 13.8 Å². The van der Waals surface area contributed by atoms with Crippen LogP contribution in [0.1, 0.15) is 52.4 Å². The predicted octanol–water partition coefficient (Wildman–Crippen LogP) is 2.98. The molecule has 0 aromatic rings. The van der Waals surface area contributed by atoms with Crippen molar-refractivity contribution in [3.8, 4) is 0 Å². The Kier molecular flexibility index (Phi) is 3.27. The van der Waals surface area contributed by atoms with Crippen LogP contribution in [0.4, 0.5) is 0 Å². The van der Waals surface area contributed by atoms with E-state index in [0.717, 1.165) is 24.2 Å². The van der Waals surface area contributed by atoms with E-state index >= 15 is 0 Å². The summed E-state index contributed by atoms with van der Waals surface area (Å²) in [7, 11) is 1.76. The van der Waals surface area contributed by atoms with Gasteiger partial charge in [-0.15, -0.1) is 0 Å². The van der Waals surface area contributed by atoms with E-state index in [4.69, 9.17) is 0 Å². The van der Waals surface area contributed by atoms with Crippen molar-refractivity contribution in [2.24, 2.45) is 23.2 Å². The molecule has 16 heavy (non-hydrogen) atoms. The van der Waals surface area contributed by atoms with Gasteiger partial charge in [-0.05, 0) is 55.3 Å². The topological polar surface area (TPSA) is 29.1 Å². The van der Waals surface area contributed by atoms with Crippen LogP contribution < -0.4 is 5.32 Å². The second-order valence-corrected chi connectivity index (χ2v) is 6.51. The molecule has 0 heterocycles. The molecule has 2 aliphatic carbocycles. The lowest BCUT2D eigenvalue weighted by molar-refractivity contribution is -0.125. The van der Waals surface area contributed by atoms with Crippen LogP contribution in [-0.4, -0.2) is 13.0 Å². The third kappa shape index (κ3) is 2.41. The van der Waals surface area contributed by atoms with E-state index in [9.17, 15) is 4.79 Å². The smallest absolute Gasteiger partial charge is 0.220 e. The van der Waals surface area contributed by atoms with E-state index < -0.39 is 0 Å². The largest absolute Gasteiger partial charge is 0.359 e. The Morgan fingerprint density at radius 1 is 1.19 bits per heavy atom. The zero-order chi connectivity index (χ0) is 11.8. The molecule has 2 aliphatic rings. The number of nitrogens with one attached hydrogen (secondary N) is 1. The van der Waals surface area contributed by atoms with Crippen molar-refractivity contribution < 1.29 is 4.79 Å². The summed E-state index contributed by atoms with van der Waals surface area (Å²) in [6.07, 6.45) is 7.37. The molecule has 92 valence electrons. The van der Waals surface area contributed by atoms with Gasteiger partial charge in [-0.2, -0.15) is 0 Å². The minimum absolute atomic E-state index is 0.238. The van der Waals surface area contributed by atoms with Crippen molar-refractivity contribution in [1.82, 2.24) is 5.32 Å². The molecule has 2 bridgehead atoms. The van der Waals surface area contributed by atoms with Crippen molar-refractivity contribution in [2.45, 2.75) is 52.4 Å². The van der Waals surface area contributed by atoms with Crippen molar-refractivity contribution in [2.75, 3.05) is 7.05 Å². The highest BCUT2D eigenvalue weighted by Crippen LogP contribution is 2.54. The van der Waals surface area contributed by atoms with E-state index in [0.29, 0.717) is 5.41 Å². The lowest BCUT2D eigenvalue weighted by atomic mass is 9.55. The number of hydrogen-bond donors (Lipinski definition) is 1. The lowest BCUT2D eigenvalue weighted by Gasteiger charge is -2.49. The molecule has 1 amide bonds. The van der Waals surface area contributed by atoms with Crippen LogP contribution in [-0.2, 0) is 4.79 Å². The molecule has 2 fully saturated rings. The number of amides is 1. The molecule has 0 saturated heterocycles. The van der Waals surface area contributed by atoms with Crippen LogP contribution in [0.5, 0.6) is 0 Å². The van der Waals surface area contributed by atoms with Crippen molar-refractivity contribution in [3.63, 3.8) is 0 Å². The van der Waals surface area contributed by atoms with Crippen LogP contribution in [0.3, 0.4) is 0 Å². The monoisotopic (exact) mass is 223 g/mol. The highest BCUT2D eigenvalue weighted by molar-refractivity contribution is 5.76. The predicted molar refractivity (Wildman–Crippen MR) is 66.0 cm³/mol. The highest BCUT2D eigenvalue weighted by Gasteiger charge is 2.44. The summed E-state index contributed by atoms with van der Waals surface area (Å²) < 4.78 is 0. The summed E-state index contributed by atoms with van der Waals surface area (Å²) >= 11 is 0. The number of carbonyl (C=O) groups is 1. The van der Waals surface area contributed by atoms with E-state index in [1.165, 1.54) is 32.1 Å². The van der Waals surface area contributed by atoms with Crippen LogP contribution in [0.25, 0.3) is 0 Å². The average Bonchev–Trinajstić information content (AvgIpc) is 2.13. The summed E-state index contributed by atoms with van der Waals surface area (Å²) in [6.45, 7) is 4.72. The molecule has 2 saturated carbocycles. The average molecular weight is 223 g/mol. The maximum absolute atomic E-state index is 11.7. The van der Waals surface area contributed by atoms with E-state index in [-0.39, 0.29) is 5.91 Å². The molecule has 2 atom stereocenters. The Hall–Kier alpha value is -0.530. The molecule has 0 aliphatic heterocycles. The molecule has 0 aromatic carbocycles. The Labute approximate surface area is 99.2 Å². The minimum Gasteiger partial charge on any atom is -0.359 e. The highest BCUT2D eigenvalue weighted by atomic mass is 16.1. The molecule has 0 radical (unpaired) electrons. The summed E-state index contributed by atoms with van der Waals surface area (Å²) in [6, 6.07) is 0. The van der Waals surface area contributed by atoms with E-state index in [1.807, 2.05) is 0 Å². The van der Waals surface area contributed by atoms with Crippen molar-refractivity contribution in [1.29, 1.82) is 0 Å². The molecular weight excluding hydrogens is 198 g/mol. The molecule has 0 spiro atoms. The third-order valence-corrected chi connectivity index (χ3v) is 4.57. The van der Waals surface area contributed by atoms with Gasteiger partial charge in [0.25, 0.3) is 0 Å². The van der Waals surface area contributed by atoms with Crippen molar-refractivity contribution in [3.05, 3.63) is 0 Å². The van der Waals surface area contributed by atoms with Crippen LogP contribution >= 0.6 is 0 Å². The first kappa shape index (κ1) is 11.9. The number of rotatable bonds is 2. The number of carbonyl (C=O) groups excluding carboxylic acids is 1. The van der Waals surface area contributed by atoms with E-state index in [2.05, 4.69) is 19.2 Å². The summed E-state index contributed by atoms with van der Waals surface area (Å²) in [5, 5.41) is 2.80. The maximum atomic E-state index is 11.7. The fraction of sp³-hybridized carbons (Fsp3) is 0.929. The summed E-state index contributed by atoms with van der Waals surface area (Å²) in [5.41, 5.74) is 0.333. The minimum atomic E-state index is 0.238. The zero-order valence-corrected chi connectivity index (χ0v) is 10.9. The Morgan fingerprint density at radius 3 is 2.25 bits per heavy atom. The summed E-state index contributed by atoms with van der Waals surface area (Å²) in [5.74, 6) is 2.76. The fourth-order valence-corrected chi connectivity index (χ4v) is 4.55. The first-order valence-electron chi connectivity index (χ1n) is 6.73. The normalized spacial score (nSPS) is 42.8. The first-order chi connectivity index (χ1) is 7.53. The molecule has 2 unspecified atom stereocenters. The van der Waals surface area contributed by atoms with Gasteiger partial charge in [0.15, 0.2) is 0 Å². The molecular formula is C14H25NO. The maximum Gasteiger partial charge on any atom is 0.220 e. The van der Waals surface area contributed by atoms with Gasteiger partial charge in [-0.25, -0.2) is 0 Å². The second-order valence-electron chi connectivity index (χ2n) is 6.51. The Morgan fingerprint density at radius 2 is 1.75 bits per heavy atom. The molecule has 2 nitrogen and oxygen atoms in total. The SMILES string of the molecule is CNC(=O)CC12CC(C)CC(CC(C)C1)C2. The Balaban J connectivity index is 2.11. The van der Waals surface area contributed by atoms with Gasteiger partial charge in [0.2, 0.25) is 5.91 Å². The zero-order valence-electron chi connectivity index (χ0n) is 10.9. The van der Waals surface area contributed by atoms with Gasteiger partial charge in [0, 0.05) is 13.5 Å². The third-order valence-electron chi connectivity index (χ3n) is 4.57. The van der Waals surface area contributed by atoms with E-state index in [1.54, 1.807) is 7.05 Å². The molecule has 2 heteroatoms. The van der Waals surface area contributed by atoms with Crippen molar-refractivity contribution >= 4 is 5.91 Å². The standard InChI is InChI=1S/C14H25NO/c1-10-4-12-5-11(2)7-14(6-10,8-12)9-13(16)15-3/h10-12H,4-9H2,1-3H3,(H,15,16). The van der Waals surface area contributed by atoms with Gasteiger partial charge < -0.3 is 5.32 Å². The quantitative estimate of drug-likeness (QED) is 0.766. The second kappa shape index (κ2) is 4.38. The molecule has 1 N–H and O–H groups in total. The van der Waals surface area contributed by atoms with Gasteiger partial charge in [-0.3, -0.25) is 4.79 Å². The Bertz CT molecular complexity index is 254. The molecule has 0 aromatic heterocycles. The van der Waals surface area contributed by atoms with Gasteiger partial charge in [0.1, 0.15) is 0 Å². The van der Waals surface area contributed by atoms with Crippen LogP contribution in [0, 0.1) is 23.2 Å². The number of hydrogen-bond acceptors (Lipinski definition) is 1. The van der Waals surface area contributed by atoms with Gasteiger partial charge in [0.05, 0.1) is 0 Å². The lowest BCUT2D eigenvalue weighted by Crippen LogP contribution is -2.42. The first-order valence-corrected chi connectivity index (χ1v) is 6.73. The number of fused-ring (bicyclic) bond motifs is 2. The molecule has 2 rings (SSSR count). The summed E-state index contributed by atoms with van der Waals surface area (Å²) in [4.78, 5) is 11.7. The fourth-order valence-electron chi connectivity index (χ4n) is 4.55. The van der Waals surface area contributed by atoms with Gasteiger partial charge >= 0.3 is 0 Å².